The molecule has 3 rings (SSSR count). The number of piperidine rings is 1. The predicted octanol–water partition coefficient (Wildman–Crippen LogP) is 4.41. The molecule has 4 nitrogen and oxygen atoms in total. The smallest absolute Gasteiger partial charge is 0.189 e. The highest BCUT2D eigenvalue weighted by Crippen LogP contribution is 2.46. The van der Waals surface area contributed by atoms with Gasteiger partial charge in [-0.1, -0.05) is 28.4 Å². The molecule has 0 aromatic heterocycles. The molecule has 0 spiro atoms. The summed E-state index contributed by atoms with van der Waals surface area (Å²) in [6.45, 7) is 6.68. The van der Waals surface area contributed by atoms with E-state index in [1.165, 1.54) is 6.42 Å². The molecule has 6 heteroatoms. The number of likely N-dealkylation sites (tertiary alicyclic amines) is 1. The molecule has 0 radical (unpaired) electrons. The fourth-order valence-corrected chi connectivity index (χ4v) is 6.60. The van der Waals surface area contributed by atoms with Gasteiger partial charge in [0.25, 0.3) is 0 Å². The van der Waals surface area contributed by atoms with Crippen molar-refractivity contribution < 1.29 is 17.3 Å². The van der Waals surface area contributed by atoms with Crippen LogP contribution < -0.4 is 0 Å². The molecule has 1 aromatic rings. The summed E-state index contributed by atoms with van der Waals surface area (Å²) in [5.41, 5.74) is 1.03. The quantitative estimate of drug-likeness (QED) is 0.568. The summed E-state index contributed by atoms with van der Waals surface area (Å²) in [5, 5.41) is 0.115. The van der Waals surface area contributed by atoms with Crippen molar-refractivity contribution in [3.63, 3.8) is 0 Å². The first kappa shape index (κ1) is 19.2. The summed E-state index contributed by atoms with van der Waals surface area (Å²) >= 11 is 6.66. The van der Waals surface area contributed by atoms with E-state index in [2.05, 4.69) is 6.92 Å². The number of quaternary nitrogens is 1. The number of rotatable bonds is 4. The number of alkyl halides is 1. The molecule has 1 heterocycles. The normalized spacial score (nSPS) is 36.0. The SMILES string of the molecule is CC[N+]1(OS(=O)(=O)c2ccc(C)cc2)C(C)CC(Cl)C2CCCCC21. The zero-order chi connectivity index (χ0) is 18.2. The molecular formula is C19H29ClNO3S+. The van der Waals surface area contributed by atoms with Crippen molar-refractivity contribution >= 4 is 21.7 Å². The van der Waals surface area contributed by atoms with Gasteiger partial charge in [-0.25, -0.2) is 0 Å². The lowest BCUT2D eigenvalue weighted by molar-refractivity contribution is -1.12. The van der Waals surface area contributed by atoms with Crippen molar-refractivity contribution in [2.24, 2.45) is 5.92 Å². The van der Waals surface area contributed by atoms with Gasteiger partial charge in [0, 0.05) is 24.1 Å². The Balaban J connectivity index is 1.97. The third-order valence-electron chi connectivity index (χ3n) is 6.16. The average Bonchev–Trinajstić information content (AvgIpc) is 2.59. The van der Waals surface area contributed by atoms with Crippen LogP contribution in [0, 0.1) is 12.8 Å². The molecule has 5 atom stereocenters. The largest absolute Gasteiger partial charge is 0.342 e. The second-order valence-electron chi connectivity index (χ2n) is 7.63. The molecule has 1 saturated heterocycles. The second-order valence-corrected chi connectivity index (χ2v) is 9.72. The van der Waals surface area contributed by atoms with Gasteiger partial charge in [-0.3, -0.25) is 0 Å². The summed E-state index contributed by atoms with van der Waals surface area (Å²) in [5.74, 6) is 0.333. The number of hydroxylamine groups is 3. The maximum absolute atomic E-state index is 13.0. The van der Waals surface area contributed by atoms with Gasteiger partial charge in [-0.15, -0.1) is 11.6 Å². The van der Waals surface area contributed by atoms with Crippen LogP contribution in [0.4, 0.5) is 0 Å². The Morgan fingerprint density at radius 2 is 1.84 bits per heavy atom. The van der Waals surface area contributed by atoms with Crippen LogP contribution >= 0.6 is 11.6 Å². The van der Waals surface area contributed by atoms with Crippen molar-refractivity contribution in [3.05, 3.63) is 29.8 Å². The third kappa shape index (κ3) is 3.48. The molecule has 140 valence electrons. The minimum atomic E-state index is -3.82. The van der Waals surface area contributed by atoms with Crippen molar-refractivity contribution in [1.82, 2.24) is 0 Å². The van der Waals surface area contributed by atoms with E-state index in [9.17, 15) is 8.42 Å². The van der Waals surface area contributed by atoms with Crippen LogP contribution in [0.25, 0.3) is 0 Å². The first-order valence-electron chi connectivity index (χ1n) is 9.34. The highest BCUT2D eigenvalue weighted by Gasteiger charge is 2.56. The molecule has 0 N–H and O–H groups in total. The number of fused-ring (bicyclic) bond motifs is 1. The molecule has 2 fully saturated rings. The summed E-state index contributed by atoms with van der Waals surface area (Å²) in [4.78, 5) is 0.233. The van der Waals surface area contributed by atoms with E-state index in [-0.39, 0.29) is 27.0 Å². The fourth-order valence-electron chi connectivity index (χ4n) is 4.77. The van der Waals surface area contributed by atoms with Gasteiger partial charge < -0.3 is 0 Å². The van der Waals surface area contributed by atoms with Gasteiger partial charge in [-0.2, -0.15) is 13.1 Å². The molecule has 5 unspecified atom stereocenters. The Morgan fingerprint density at radius 1 is 1.20 bits per heavy atom. The van der Waals surface area contributed by atoms with Gasteiger partial charge in [0.05, 0.1) is 4.90 Å². The molecule has 0 amide bonds. The average molecular weight is 387 g/mol. The highest BCUT2D eigenvalue weighted by molar-refractivity contribution is 7.86. The van der Waals surface area contributed by atoms with Crippen LogP contribution in [-0.4, -0.2) is 37.1 Å². The number of benzene rings is 1. The molecular weight excluding hydrogens is 358 g/mol. The Bertz CT molecular complexity index is 706. The van der Waals surface area contributed by atoms with Crippen molar-refractivity contribution in [1.29, 1.82) is 0 Å². The third-order valence-corrected chi connectivity index (χ3v) is 7.99. The first-order chi connectivity index (χ1) is 11.8. The molecule has 0 bridgehead atoms. The lowest BCUT2D eigenvalue weighted by atomic mass is 9.75. The minimum Gasteiger partial charge on any atom is -0.189 e. The van der Waals surface area contributed by atoms with Gasteiger partial charge >= 0.3 is 10.1 Å². The fraction of sp³-hybridized carbons (Fsp3) is 0.684. The van der Waals surface area contributed by atoms with Crippen LogP contribution in [0.5, 0.6) is 0 Å². The maximum atomic E-state index is 13.0. The zero-order valence-corrected chi connectivity index (χ0v) is 16.9. The zero-order valence-electron chi connectivity index (χ0n) is 15.3. The number of hydrogen-bond donors (Lipinski definition) is 0. The van der Waals surface area contributed by atoms with E-state index in [0.29, 0.717) is 12.5 Å². The molecule has 1 aliphatic carbocycles. The van der Waals surface area contributed by atoms with Gasteiger partial charge in [0.15, 0.2) is 0 Å². The first-order valence-corrected chi connectivity index (χ1v) is 11.2. The van der Waals surface area contributed by atoms with E-state index in [1.807, 2.05) is 26.0 Å². The van der Waals surface area contributed by atoms with E-state index in [0.717, 1.165) is 31.2 Å². The lowest BCUT2D eigenvalue weighted by Gasteiger charge is -2.53. The predicted molar refractivity (Wildman–Crippen MR) is 99.7 cm³/mol. The molecule has 1 aromatic carbocycles. The van der Waals surface area contributed by atoms with Gasteiger partial charge in [0.2, 0.25) is 0 Å². The van der Waals surface area contributed by atoms with E-state index >= 15 is 0 Å². The van der Waals surface area contributed by atoms with E-state index in [1.54, 1.807) is 12.1 Å². The summed E-state index contributed by atoms with van der Waals surface area (Å²) in [7, 11) is -3.82. The summed E-state index contributed by atoms with van der Waals surface area (Å²) in [6, 6.07) is 7.11. The van der Waals surface area contributed by atoms with Crippen molar-refractivity contribution in [3.8, 4) is 0 Å². The number of hydrogen-bond acceptors (Lipinski definition) is 3. The maximum Gasteiger partial charge on any atom is 0.342 e. The summed E-state index contributed by atoms with van der Waals surface area (Å²) in [6.07, 6.45) is 5.13. The van der Waals surface area contributed by atoms with Crippen LogP contribution in [0.1, 0.15) is 51.5 Å². The van der Waals surface area contributed by atoms with Crippen LogP contribution in [0.2, 0.25) is 0 Å². The number of aryl methyl sites for hydroxylation is 1. The topological polar surface area (TPSA) is 43.4 Å². The van der Waals surface area contributed by atoms with Crippen molar-refractivity contribution in [2.75, 3.05) is 6.54 Å². The number of halogens is 1. The Morgan fingerprint density at radius 3 is 2.48 bits per heavy atom. The van der Waals surface area contributed by atoms with Gasteiger partial charge in [0.1, 0.15) is 18.6 Å². The Kier molecular flexibility index (Phi) is 5.50. The lowest BCUT2D eigenvalue weighted by Crippen LogP contribution is -2.68. The van der Waals surface area contributed by atoms with Crippen LogP contribution in [-0.2, 0) is 14.4 Å². The number of nitrogens with zero attached hydrogens (tertiary/aromatic N) is 1. The second kappa shape index (κ2) is 7.18. The van der Waals surface area contributed by atoms with E-state index in [4.69, 9.17) is 15.9 Å². The highest BCUT2D eigenvalue weighted by atomic mass is 35.5. The van der Waals surface area contributed by atoms with E-state index < -0.39 is 10.1 Å². The monoisotopic (exact) mass is 386 g/mol. The van der Waals surface area contributed by atoms with Crippen LogP contribution in [0.3, 0.4) is 0 Å². The molecule has 1 aliphatic heterocycles. The van der Waals surface area contributed by atoms with Crippen molar-refractivity contribution in [2.45, 2.75) is 75.2 Å². The Hall–Kier alpha value is -0.620. The Labute approximate surface area is 156 Å². The minimum absolute atomic E-state index is 0.0621. The van der Waals surface area contributed by atoms with Crippen LogP contribution in [0.15, 0.2) is 29.2 Å². The molecule has 25 heavy (non-hydrogen) atoms. The van der Waals surface area contributed by atoms with Gasteiger partial charge in [-0.05, 0) is 45.7 Å². The summed E-state index contributed by atoms with van der Waals surface area (Å²) < 4.78 is 32.2. The standard InChI is InChI=1S/C19H29ClNO3S/c1-4-21(24-25(22,23)16-11-9-14(2)10-12-16)15(3)13-18(20)17-7-5-6-8-19(17)21/h9-12,15,17-19H,4-8,13H2,1-3H3/q+1. The molecule has 2 aliphatic rings. The molecule has 1 saturated carbocycles.